The molecule has 0 amide bonds. The number of esters is 4. The lowest BCUT2D eigenvalue weighted by atomic mass is 9.99. The third kappa shape index (κ3) is 66.0. The molecule has 94 heavy (non-hydrogen) atoms. The minimum atomic E-state index is -4.96. The first kappa shape index (κ1) is 92.1. The van der Waals surface area contributed by atoms with Crippen LogP contribution >= 0.6 is 15.6 Å². The van der Waals surface area contributed by atoms with Gasteiger partial charge in [-0.25, -0.2) is 9.13 Å². The van der Waals surface area contributed by atoms with Crippen molar-refractivity contribution < 1.29 is 80.2 Å². The maximum atomic E-state index is 13.1. The molecule has 0 aromatic heterocycles. The molecule has 7 atom stereocenters. The van der Waals surface area contributed by atoms with E-state index in [0.717, 1.165) is 108 Å². The molecule has 19 heteroatoms. The molecule has 0 aromatic rings. The molecule has 0 rings (SSSR count). The second kappa shape index (κ2) is 65.7. The van der Waals surface area contributed by atoms with Crippen LogP contribution in [0.4, 0.5) is 0 Å². The van der Waals surface area contributed by atoms with Crippen LogP contribution in [0.15, 0.2) is 0 Å². The summed E-state index contributed by atoms with van der Waals surface area (Å²) in [5, 5.41) is 10.6. The Labute approximate surface area is 575 Å². The van der Waals surface area contributed by atoms with Crippen molar-refractivity contribution in [1.29, 1.82) is 0 Å². The number of ether oxygens (including phenoxy) is 4. The summed E-state index contributed by atoms with van der Waals surface area (Å²) < 4.78 is 68.5. The van der Waals surface area contributed by atoms with Crippen LogP contribution in [0.1, 0.15) is 382 Å². The summed E-state index contributed by atoms with van der Waals surface area (Å²) in [6.07, 6.45) is 51.2. The second-order valence-corrected chi connectivity index (χ2v) is 30.9. The van der Waals surface area contributed by atoms with Gasteiger partial charge >= 0.3 is 39.5 Å². The Hall–Kier alpha value is -1.94. The average Bonchev–Trinajstić information content (AvgIpc) is 1.46. The Morgan fingerprint density at radius 2 is 0.543 bits per heavy atom. The summed E-state index contributed by atoms with van der Waals surface area (Å²) in [5.74, 6) is 0.199. The largest absolute Gasteiger partial charge is 0.472 e. The van der Waals surface area contributed by atoms with Crippen LogP contribution in [0.2, 0.25) is 0 Å². The zero-order valence-electron chi connectivity index (χ0n) is 61.4. The lowest BCUT2D eigenvalue weighted by molar-refractivity contribution is -0.161. The molecular formula is C75H146O17P2. The normalized spacial score (nSPS) is 14.7. The quantitative estimate of drug-likeness (QED) is 0.0222. The summed E-state index contributed by atoms with van der Waals surface area (Å²) in [6, 6.07) is 0. The standard InChI is InChI=1S/C75H146O17P2/c1-8-11-12-13-14-15-16-17-18-19-20-21-29-36-44-51-58-74(79)91-70(62-85-72(77)56-49-42-35-28-24-22-26-33-40-47-54-67(6)9-2)64-89-93(81,82)87-60-69(76)61-88-94(83,84)90-65-71(63-86-73(78)57-50-43-38-31-32-39-46-53-66(4)5)92-75(80)59-52-45-37-30-25-23-27-34-41-48-55-68(7)10-3/h66-71,76H,8-65H2,1-7H3,(H,81,82)(H,83,84)/t67?,68?,69-,70-,71-/m1/s1. The molecule has 558 valence electrons. The van der Waals surface area contributed by atoms with Crippen LogP contribution in [-0.2, 0) is 65.4 Å². The fraction of sp³-hybridized carbons (Fsp3) is 0.947. The highest BCUT2D eigenvalue weighted by atomic mass is 31.2. The number of aliphatic hydroxyl groups excluding tert-OH is 1. The van der Waals surface area contributed by atoms with Crippen molar-refractivity contribution in [2.75, 3.05) is 39.6 Å². The summed E-state index contributed by atoms with van der Waals surface area (Å²) in [7, 11) is -9.91. The van der Waals surface area contributed by atoms with Gasteiger partial charge in [-0.1, -0.05) is 331 Å². The lowest BCUT2D eigenvalue weighted by Crippen LogP contribution is -2.30. The van der Waals surface area contributed by atoms with Gasteiger partial charge in [0.25, 0.3) is 0 Å². The highest BCUT2D eigenvalue weighted by molar-refractivity contribution is 7.47. The fourth-order valence-corrected chi connectivity index (χ4v) is 12.9. The molecule has 0 radical (unpaired) electrons. The van der Waals surface area contributed by atoms with Crippen molar-refractivity contribution in [2.45, 2.75) is 401 Å². The molecule has 0 spiro atoms. The van der Waals surface area contributed by atoms with Gasteiger partial charge in [-0.05, 0) is 43.4 Å². The topological polar surface area (TPSA) is 237 Å². The number of phosphoric acid groups is 2. The van der Waals surface area contributed by atoms with Crippen LogP contribution in [0.5, 0.6) is 0 Å². The molecule has 0 aliphatic carbocycles. The smallest absolute Gasteiger partial charge is 0.462 e. The van der Waals surface area contributed by atoms with Crippen LogP contribution in [0, 0.1) is 17.8 Å². The Morgan fingerprint density at radius 3 is 0.809 bits per heavy atom. The molecule has 0 aliphatic heterocycles. The van der Waals surface area contributed by atoms with Gasteiger partial charge in [0.15, 0.2) is 12.2 Å². The zero-order valence-corrected chi connectivity index (χ0v) is 63.2. The van der Waals surface area contributed by atoms with Crippen molar-refractivity contribution >= 4 is 39.5 Å². The molecule has 4 unspecified atom stereocenters. The minimum absolute atomic E-state index is 0.105. The molecule has 0 saturated heterocycles. The van der Waals surface area contributed by atoms with Crippen LogP contribution in [0.3, 0.4) is 0 Å². The SMILES string of the molecule is CCCCCCCCCCCCCCCCCCC(=O)O[C@H](COC(=O)CCCCCCCCCCCCC(C)CC)COP(=O)(O)OC[C@@H](O)COP(=O)(O)OC[C@@H](COC(=O)CCCCCCCCCC(C)C)OC(=O)CCCCCCCCCCCCC(C)CC. The van der Waals surface area contributed by atoms with Crippen molar-refractivity contribution in [2.24, 2.45) is 17.8 Å². The van der Waals surface area contributed by atoms with Gasteiger partial charge < -0.3 is 33.8 Å². The average molecular weight is 1380 g/mol. The van der Waals surface area contributed by atoms with Gasteiger partial charge in [0.2, 0.25) is 0 Å². The predicted molar refractivity (Wildman–Crippen MR) is 381 cm³/mol. The summed E-state index contributed by atoms with van der Waals surface area (Å²) in [5.41, 5.74) is 0. The highest BCUT2D eigenvalue weighted by Gasteiger charge is 2.30. The minimum Gasteiger partial charge on any atom is -0.462 e. The van der Waals surface area contributed by atoms with E-state index in [9.17, 15) is 43.2 Å². The third-order valence-corrected chi connectivity index (χ3v) is 20.0. The van der Waals surface area contributed by atoms with Gasteiger partial charge in [0, 0.05) is 25.7 Å². The number of aliphatic hydroxyl groups is 1. The second-order valence-electron chi connectivity index (χ2n) is 28.0. The number of carbonyl (C=O) groups is 4. The van der Waals surface area contributed by atoms with E-state index < -0.39 is 97.5 Å². The maximum Gasteiger partial charge on any atom is 0.472 e. The van der Waals surface area contributed by atoms with Gasteiger partial charge in [0.1, 0.15) is 19.3 Å². The van der Waals surface area contributed by atoms with E-state index >= 15 is 0 Å². The molecular weight excluding hydrogens is 1230 g/mol. The number of phosphoric ester groups is 2. The number of hydrogen-bond donors (Lipinski definition) is 3. The number of hydrogen-bond acceptors (Lipinski definition) is 15. The summed E-state index contributed by atoms with van der Waals surface area (Å²) >= 11 is 0. The third-order valence-electron chi connectivity index (χ3n) is 18.1. The first-order valence-corrected chi connectivity index (χ1v) is 41.9. The van der Waals surface area contributed by atoms with E-state index in [1.54, 1.807) is 0 Å². The molecule has 17 nitrogen and oxygen atoms in total. The van der Waals surface area contributed by atoms with E-state index in [0.29, 0.717) is 31.6 Å². The van der Waals surface area contributed by atoms with E-state index in [2.05, 4.69) is 48.5 Å². The molecule has 0 bridgehead atoms. The van der Waals surface area contributed by atoms with E-state index in [1.165, 1.54) is 186 Å². The van der Waals surface area contributed by atoms with E-state index in [4.69, 9.17) is 37.0 Å². The highest BCUT2D eigenvalue weighted by Crippen LogP contribution is 2.45. The van der Waals surface area contributed by atoms with Crippen molar-refractivity contribution in [3.63, 3.8) is 0 Å². The maximum absolute atomic E-state index is 13.1. The van der Waals surface area contributed by atoms with Crippen LogP contribution in [0.25, 0.3) is 0 Å². The first-order chi connectivity index (χ1) is 45.3. The molecule has 0 saturated carbocycles. The van der Waals surface area contributed by atoms with E-state index in [-0.39, 0.29) is 25.7 Å². The summed E-state index contributed by atoms with van der Waals surface area (Å²) in [4.78, 5) is 72.8. The Balaban J connectivity index is 5.27. The lowest BCUT2D eigenvalue weighted by Gasteiger charge is -2.21. The van der Waals surface area contributed by atoms with Crippen molar-refractivity contribution in [1.82, 2.24) is 0 Å². The molecule has 0 fully saturated rings. The monoisotopic (exact) mass is 1380 g/mol. The number of unbranched alkanes of at least 4 members (excludes halogenated alkanes) is 39. The van der Waals surface area contributed by atoms with Gasteiger partial charge in [0.05, 0.1) is 26.4 Å². The molecule has 0 aliphatic rings. The number of rotatable bonds is 73. The predicted octanol–water partition coefficient (Wildman–Crippen LogP) is 21.8. The van der Waals surface area contributed by atoms with Gasteiger partial charge in [-0.15, -0.1) is 0 Å². The molecule has 3 N–H and O–H groups in total. The molecule has 0 aromatic carbocycles. The van der Waals surface area contributed by atoms with Crippen molar-refractivity contribution in [3.8, 4) is 0 Å². The Bertz CT molecular complexity index is 1840. The summed E-state index contributed by atoms with van der Waals surface area (Å²) in [6.45, 7) is 11.9. The number of carbonyl (C=O) groups excluding carboxylic acids is 4. The Kier molecular flexibility index (Phi) is 64.3. The zero-order chi connectivity index (χ0) is 69.4. The fourth-order valence-electron chi connectivity index (χ4n) is 11.4. The molecule has 0 heterocycles. The van der Waals surface area contributed by atoms with E-state index in [1.807, 2.05) is 0 Å². The first-order valence-electron chi connectivity index (χ1n) is 38.9. The van der Waals surface area contributed by atoms with Crippen molar-refractivity contribution in [3.05, 3.63) is 0 Å². The van der Waals surface area contributed by atoms with Gasteiger partial charge in [-0.3, -0.25) is 37.3 Å². The van der Waals surface area contributed by atoms with Gasteiger partial charge in [-0.2, -0.15) is 0 Å². The Morgan fingerprint density at radius 1 is 0.309 bits per heavy atom. The van der Waals surface area contributed by atoms with Crippen LogP contribution < -0.4 is 0 Å². The van der Waals surface area contributed by atoms with Crippen LogP contribution in [-0.4, -0.2) is 96.7 Å².